The minimum absolute atomic E-state index is 0.310. The second-order valence-corrected chi connectivity index (χ2v) is 3.38. The van der Waals surface area contributed by atoms with E-state index < -0.39 is 0 Å². The highest BCUT2D eigenvalue weighted by Crippen LogP contribution is 2.15. The quantitative estimate of drug-likeness (QED) is 0.687. The van der Waals surface area contributed by atoms with Crippen molar-refractivity contribution in [2.45, 2.75) is 6.42 Å². The zero-order valence-corrected chi connectivity index (χ0v) is 9.54. The van der Waals surface area contributed by atoms with Gasteiger partial charge in [-0.05, 0) is 25.1 Å². The zero-order chi connectivity index (χ0) is 11.6. The molecule has 1 N–H and O–H groups in total. The van der Waals surface area contributed by atoms with E-state index >= 15 is 0 Å². The normalized spacial score (nSPS) is 10.4. The molecule has 0 atom stereocenters. The van der Waals surface area contributed by atoms with Gasteiger partial charge in [-0.3, -0.25) is 0 Å². The Balaban J connectivity index is 2.05. The topological polar surface area (TPSA) is 30.5 Å². The average Bonchev–Trinajstić information content (AvgIpc) is 2.30. The highest BCUT2D eigenvalue weighted by atomic mass is 19.1. The maximum atomic E-state index is 13.1. The van der Waals surface area contributed by atoms with Gasteiger partial charge in [0, 0.05) is 13.7 Å². The van der Waals surface area contributed by atoms with Crippen molar-refractivity contribution in [1.82, 2.24) is 5.32 Å². The molecule has 0 radical (unpaired) electrons. The average molecular weight is 227 g/mol. The summed E-state index contributed by atoms with van der Waals surface area (Å²) in [5.74, 6) is 0.00855. The van der Waals surface area contributed by atoms with Gasteiger partial charge >= 0.3 is 0 Å². The first-order valence-electron chi connectivity index (χ1n) is 5.41. The van der Waals surface area contributed by atoms with Gasteiger partial charge in [0.1, 0.15) is 0 Å². The van der Waals surface area contributed by atoms with Crippen molar-refractivity contribution in [3.63, 3.8) is 0 Å². The molecule has 1 aromatic carbocycles. The molecule has 0 amide bonds. The van der Waals surface area contributed by atoms with Crippen molar-refractivity contribution in [3.05, 3.63) is 30.1 Å². The van der Waals surface area contributed by atoms with Gasteiger partial charge in [-0.2, -0.15) is 0 Å². The highest BCUT2D eigenvalue weighted by molar-refractivity contribution is 5.23. The number of para-hydroxylation sites is 1. The maximum absolute atomic E-state index is 13.1. The van der Waals surface area contributed by atoms with Crippen LogP contribution in [0.25, 0.3) is 0 Å². The lowest BCUT2D eigenvalue weighted by Crippen LogP contribution is -2.21. The minimum atomic E-state index is -0.310. The van der Waals surface area contributed by atoms with Gasteiger partial charge in [-0.15, -0.1) is 0 Å². The van der Waals surface area contributed by atoms with Crippen molar-refractivity contribution >= 4 is 0 Å². The summed E-state index contributed by atoms with van der Waals surface area (Å²) in [5, 5.41) is 3.19. The molecule has 4 heteroatoms. The van der Waals surface area contributed by atoms with E-state index in [1.165, 1.54) is 6.07 Å². The predicted molar refractivity (Wildman–Crippen MR) is 61.3 cm³/mol. The van der Waals surface area contributed by atoms with E-state index in [-0.39, 0.29) is 5.82 Å². The fourth-order valence-electron chi connectivity index (χ4n) is 1.24. The maximum Gasteiger partial charge on any atom is 0.165 e. The number of rotatable bonds is 8. The molecule has 0 aromatic heterocycles. The molecular formula is C12H18FNO2. The SMILES string of the molecule is COCCNCCCOc1ccccc1F. The number of nitrogens with one attached hydrogen (secondary N) is 1. The molecule has 0 bridgehead atoms. The summed E-state index contributed by atoms with van der Waals surface area (Å²) in [4.78, 5) is 0. The summed E-state index contributed by atoms with van der Waals surface area (Å²) in [6, 6.07) is 6.43. The van der Waals surface area contributed by atoms with Crippen molar-refractivity contribution in [2.75, 3.05) is 33.4 Å². The smallest absolute Gasteiger partial charge is 0.165 e. The van der Waals surface area contributed by atoms with Gasteiger partial charge < -0.3 is 14.8 Å². The third-order valence-electron chi connectivity index (χ3n) is 2.08. The predicted octanol–water partition coefficient (Wildman–Crippen LogP) is 1.83. The van der Waals surface area contributed by atoms with Crippen molar-refractivity contribution in [1.29, 1.82) is 0 Å². The van der Waals surface area contributed by atoms with Crippen molar-refractivity contribution in [2.24, 2.45) is 0 Å². The van der Waals surface area contributed by atoms with Gasteiger partial charge in [-0.1, -0.05) is 12.1 Å². The molecule has 0 unspecified atom stereocenters. The van der Waals surface area contributed by atoms with Gasteiger partial charge in [0.2, 0.25) is 0 Å². The summed E-state index contributed by atoms with van der Waals surface area (Å²) in [7, 11) is 1.67. The lowest BCUT2D eigenvalue weighted by Gasteiger charge is -2.07. The summed E-state index contributed by atoms with van der Waals surface area (Å²) in [6.07, 6.45) is 0.845. The Morgan fingerprint density at radius 3 is 2.75 bits per heavy atom. The third-order valence-corrected chi connectivity index (χ3v) is 2.08. The lowest BCUT2D eigenvalue weighted by molar-refractivity contribution is 0.198. The molecule has 0 fully saturated rings. The Morgan fingerprint density at radius 2 is 2.00 bits per heavy atom. The van der Waals surface area contributed by atoms with Crippen LogP contribution in [-0.2, 0) is 4.74 Å². The molecule has 0 heterocycles. The molecule has 90 valence electrons. The molecule has 0 spiro atoms. The molecule has 1 rings (SSSR count). The molecular weight excluding hydrogens is 209 g/mol. The van der Waals surface area contributed by atoms with E-state index in [2.05, 4.69) is 5.32 Å². The second-order valence-electron chi connectivity index (χ2n) is 3.38. The Kier molecular flexibility index (Phi) is 6.53. The Hall–Kier alpha value is -1.13. The van der Waals surface area contributed by atoms with Gasteiger partial charge in [0.05, 0.1) is 13.2 Å². The van der Waals surface area contributed by atoms with E-state index in [1.54, 1.807) is 25.3 Å². The van der Waals surface area contributed by atoms with Gasteiger partial charge in [-0.25, -0.2) is 4.39 Å². The summed E-state index contributed by atoms with van der Waals surface area (Å²) >= 11 is 0. The van der Waals surface area contributed by atoms with Gasteiger partial charge in [0.25, 0.3) is 0 Å². The van der Waals surface area contributed by atoms with Crippen LogP contribution in [0.1, 0.15) is 6.42 Å². The first-order valence-corrected chi connectivity index (χ1v) is 5.41. The highest BCUT2D eigenvalue weighted by Gasteiger charge is 1.99. The van der Waals surface area contributed by atoms with E-state index in [0.717, 1.165) is 19.5 Å². The number of ether oxygens (including phenoxy) is 2. The van der Waals surface area contributed by atoms with Crippen LogP contribution in [0.2, 0.25) is 0 Å². The van der Waals surface area contributed by atoms with Crippen LogP contribution in [0, 0.1) is 5.82 Å². The molecule has 0 saturated carbocycles. The Bertz CT molecular complexity index is 294. The largest absolute Gasteiger partial charge is 0.490 e. The summed E-state index contributed by atoms with van der Waals surface area (Å²) in [6.45, 7) is 2.89. The van der Waals surface area contributed by atoms with Crippen LogP contribution in [0.5, 0.6) is 5.75 Å². The molecule has 0 aliphatic heterocycles. The first-order chi connectivity index (χ1) is 7.84. The van der Waals surface area contributed by atoms with E-state index in [9.17, 15) is 4.39 Å². The van der Waals surface area contributed by atoms with Crippen LogP contribution >= 0.6 is 0 Å². The second kappa shape index (κ2) is 8.07. The van der Waals surface area contributed by atoms with E-state index in [1.807, 2.05) is 0 Å². The summed E-state index contributed by atoms with van der Waals surface area (Å²) in [5.41, 5.74) is 0. The van der Waals surface area contributed by atoms with Crippen LogP contribution in [0.4, 0.5) is 4.39 Å². The molecule has 16 heavy (non-hydrogen) atoms. The number of benzene rings is 1. The third kappa shape index (κ3) is 5.09. The molecule has 1 aromatic rings. The molecule has 0 aliphatic rings. The molecule has 3 nitrogen and oxygen atoms in total. The lowest BCUT2D eigenvalue weighted by atomic mass is 10.3. The van der Waals surface area contributed by atoms with Gasteiger partial charge in [0.15, 0.2) is 11.6 Å². The number of hydrogen-bond acceptors (Lipinski definition) is 3. The molecule has 0 aliphatic carbocycles. The first kappa shape index (κ1) is 12.9. The van der Waals surface area contributed by atoms with Crippen LogP contribution in [0.15, 0.2) is 24.3 Å². The van der Waals surface area contributed by atoms with E-state index in [4.69, 9.17) is 9.47 Å². The number of halogens is 1. The monoisotopic (exact) mass is 227 g/mol. The fourth-order valence-corrected chi connectivity index (χ4v) is 1.24. The van der Waals surface area contributed by atoms with Crippen molar-refractivity contribution in [3.8, 4) is 5.75 Å². The summed E-state index contributed by atoms with van der Waals surface area (Å²) < 4.78 is 23.3. The van der Waals surface area contributed by atoms with Crippen LogP contribution < -0.4 is 10.1 Å². The number of hydrogen-bond donors (Lipinski definition) is 1. The Morgan fingerprint density at radius 1 is 1.19 bits per heavy atom. The number of methoxy groups -OCH3 is 1. The zero-order valence-electron chi connectivity index (χ0n) is 9.54. The minimum Gasteiger partial charge on any atom is -0.490 e. The Labute approximate surface area is 95.6 Å². The van der Waals surface area contributed by atoms with Crippen LogP contribution in [0.3, 0.4) is 0 Å². The van der Waals surface area contributed by atoms with Crippen molar-refractivity contribution < 1.29 is 13.9 Å². The fraction of sp³-hybridized carbons (Fsp3) is 0.500. The van der Waals surface area contributed by atoms with E-state index in [0.29, 0.717) is 19.0 Å². The van der Waals surface area contributed by atoms with Crippen LogP contribution in [-0.4, -0.2) is 33.4 Å². The molecule has 0 saturated heterocycles. The standard InChI is InChI=1S/C12H18FNO2/c1-15-10-8-14-7-4-9-16-12-6-3-2-5-11(12)13/h2-3,5-6,14H,4,7-10H2,1H3.